The molecule has 14 heavy (non-hydrogen) atoms. The summed E-state index contributed by atoms with van der Waals surface area (Å²) in [5.41, 5.74) is 2.20. The van der Waals surface area contributed by atoms with Gasteiger partial charge in [0.15, 0.2) is 0 Å². The molecular formula is C13H22O. The van der Waals surface area contributed by atoms with Gasteiger partial charge in [-0.25, -0.2) is 0 Å². The molecule has 1 N–H and O–H groups in total. The van der Waals surface area contributed by atoms with Crippen LogP contribution in [0.4, 0.5) is 0 Å². The smallest absolute Gasteiger partial charge is 0.0722 e. The van der Waals surface area contributed by atoms with Crippen LogP contribution in [0.3, 0.4) is 0 Å². The maximum atomic E-state index is 9.26. The highest BCUT2D eigenvalue weighted by Crippen LogP contribution is 2.12. The van der Waals surface area contributed by atoms with Crippen LogP contribution in [0.25, 0.3) is 0 Å². The standard InChI is InChI=1S/C13H22O/c1-6-13(9-10(2)3)8-7-11(4)12(5)14/h6-8,10,12,14H,1,9H2,2-5H3/b11-7+,13-8+/t12-/m1/s1. The second-order valence-electron chi connectivity index (χ2n) is 4.13. The Labute approximate surface area is 87.8 Å². The number of hydrogen-bond acceptors (Lipinski definition) is 1. The van der Waals surface area contributed by atoms with Crippen molar-refractivity contribution in [2.75, 3.05) is 0 Å². The molecule has 0 spiro atoms. The van der Waals surface area contributed by atoms with E-state index < -0.39 is 0 Å². The van der Waals surface area contributed by atoms with E-state index in [1.165, 1.54) is 5.57 Å². The van der Waals surface area contributed by atoms with Crippen molar-refractivity contribution in [1.29, 1.82) is 0 Å². The third-order valence-corrected chi connectivity index (χ3v) is 2.13. The molecule has 1 heteroatoms. The van der Waals surface area contributed by atoms with E-state index >= 15 is 0 Å². The van der Waals surface area contributed by atoms with Gasteiger partial charge in [-0.15, -0.1) is 0 Å². The molecule has 0 aromatic carbocycles. The average molecular weight is 194 g/mol. The Hall–Kier alpha value is -0.820. The summed E-state index contributed by atoms with van der Waals surface area (Å²) >= 11 is 0. The molecule has 1 atom stereocenters. The molecule has 80 valence electrons. The molecule has 0 rings (SSSR count). The second-order valence-corrected chi connectivity index (χ2v) is 4.13. The summed E-state index contributed by atoms with van der Waals surface area (Å²) < 4.78 is 0. The number of aliphatic hydroxyl groups is 1. The Morgan fingerprint density at radius 3 is 2.21 bits per heavy atom. The molecule has 0 aliphatic heterocycles. The van der Waals surface area contributed by atoms with Crippen molar-refractivity contribution in [2.24, 2.45) is 5.92 Å². The van der Waals surface area contributed by atoms with Crippen LogP contribution in [0.5, 0.6) is 0 Å². The van der Waals surface area contributed by atoms with Crippen molar-refractivity contribution in [1.82, 2.24) is 0 Å². The number of hydrogen-bond donors (Lipinski definition) is 1. The Kier molecular flexibility index (Phi) is 6.22. The van der Waals surface area contributed by atoms with Crippen LogP contribution in [-0.4, -0.2) is 11.2 Å². The fourth-order valence-corrected chi connectivity index (χ4v) is 1.07. The van der Waals surface area contributed by atoms with Crippen LogP contribution < -0.4 is 0 Å². The molecule has 0 radical (unpaired) electrons. The predicted molar refractivity (Wildman–Crippen MR) is 63.2 cm³/mol. The molecule has 0 aromatic heterocycles. The van der Waals surface area contributed by atoms with Gasteiger partial charge in [0.2, 0.25) is 0 Å². The molecule has 0 heterocycles. The Morgan fingerprint density at radius 2 is 1.86 bits per heavy atom. The summed E-state index contributed by atoms with van der Waals surface area (Å²) in [7, 11) is 0. The summed E-state index contributed by atoms with van der Waals surface area (Å²) in [6.45, 7) is 11.8. The van der Waals surface area contributed by atoms with Crippen molar-refractivity contribution < 1.29 is 5.11 Å². The molecule has 0 amide bonds. The molecule has 0 aromatic rings. The van der Waals surface area contributed by atoms with Crippen molar-refractivity contribution in [3.8, 4) is 0 Å². The summed E-state index contributed by atoms with van der Waals surface area (Å²) in [5, 5.41) is 9.26. The van der Waals surface area contributed by atoms with Crippen molar-refractivity contribution in [2.45, 2.75) is 40.2 Å². The van der Waals surface area contributed by atoms with E-state index in [9.17, 15) is 5.11 Å². The normalized spacial score (nSPS) is 15.9. The SMILES string of the molecule is C=C/C(=C\C=C(/C)[C@@H](C)O)CC(C)C. The van der Waals surface area contributed by atoms with Crippen LogP contribution in [0.2, 0.25) is 0 Å². The lowest BCUT2D eigenvalue weighted by molar-refractivity contribution is 0.231. The minimum Gasteiger partial charge on any atom is -0.389 e. The van der Waals surface area contributed by atoms with Crippen LogP contribution >= 0.6 is 0 Å². The zero-order valence-corrected chi connectivity index (χ0v) is 9.75. The number of aliphatic hydroxyl groups excluding tert-OH is 1. The van der Waals surface area contributed by atoms with Gasteiger partial charge >= 0.3 is 0 Å². The fourth-order valence-electron chi connectivity index (χ4n) is 1.07. The van der Waals surface area contributed by atoms with Crippen molar-refractivity contribution >= 4 is 0 Å². The van der Waals surface area contributed by atoms with Crippen molar-refractivity contribution in [3.63, 3.8) is 0 Å². The van der Waals surface area contributed by atoms with Crippen LogP contribution in [0.1, 0.15) is 34.1 Å². The Balaban J connectivity index is 4.45. The lowest BCUT2D eigenvalue weighted by atomic mass is 10.0. The van der Waals surface area contributed by atoms with Gasteiger partial charge in [0.1, 0.15) is 0 Å². The minimum absolute atomic E-state index is 0.364. The Morgan fingerprint density at radius 1 is 1.29 bits per heavy atom. The van der Waals surface area contributed by atoms with Crippen LogP contribution in [-0.2, 0) is 0 Å². The van der Waals surface area contributed by atoms with Crippen LogP contribution in [0, 0.1) is 5.92 Å². The van der Waals surface area contributed by atoms with Crippen LogP contribution in [0.15, 0.2) is 36.0 Å². The topological polar surface area (TPSA) is 20.2 Å². The van der Waals surface area contributed by atoms with Gasteiger partial charge < -0.3 is 5.11 Å². The molecule has 0 aliphatic carbocycles. The van der Waals surface area contributed by atoms with Gasteiger partial charge in [0.05, 0.1) is 6.10 Å². The van der Waals surface area contributed by atoms with E-state index in [0.29, 0.717) is 5.92 Å². The quantitative estimate of drug-likeness (QED) is 0.664. The maximum Gasteiger partial charge on any atom is 0.0722 e. The second kappa shape index (κ2) is 6.61. The molecule has 0 unspecified atom stereocenters. The predicted octanol–water partition coefficient (Wildman–Crippen LogP) is 3.47. The molecule has 0 saturated heterocycles. The van der Waals surface area contributed by atoms with E-state index in [-0.39, 0.29) is 6.10 Å². The summed E-state index contributed by atoms with van der Waals surface area (Å²) in [6, 6.07) is 0. The van der Waals surface area contributed by atoms with Gasteiger partial charge in [-0.05, 0) is 37.3 Å². The first-order chi connectivity index (χ1) is 6.47. The highest BCUT2D eigenvalue weighted by Gasteiger charge is 1.98. The fraction of sp³-hybridized carbons (Fsp3) is 0.538. The van der Waals surface area contributed by atoms with E-state index in [0.717, 1.165) is 12.0 Å². The molecule has 0 bridgehead atoms. The minimum atomic E-state index is -0.364. The van der Waals surface area contributed by atoms with E-state index in [2.05, 4.69) is 20.4 Å². The molecule has 0 aliphatic rings. The largest absolute Gasteiger partial charge is 0.389 e. The summed E-state index contributed by atoms with van der Waals surface area (Å²) in [6.07, 6.45) is 6.55. The third kappa shape index (κ3) is 5.76. The first-order valence-corrected chi connectivity index (χ1v) is 5.15. The average Bonchev–Trinajstić information content (AvgIpc) is 2.10. The monoisotopic (exact) mass is 194 g/mol. The lowest BCUT2D eigenvalue weighted by Gasteiger charge is -2.05. The zero-order chi connectivity index (χ0) is 11.1. The molecule has 1 nitrogen and oxygen atoms in total. The first-order valence-electron chi connectivity index (χ1n) is 5.15. The third-order valence-electron chi connectivity index (χ3n) is 2.13. The van der Waals surface area contributed by atoms with E-state index in [1.807, 2.05) is 25.2 Å². The summed E-state index contributed by atoms with van der Waals surface area (Å²) in [5.74, 6) is 0.638. The van der Waals surface area contributed by atoms with Gasteiger partial charge in [0.25, 0.3) is 0 Å². The van der Waals surface area contributed by atoms with Gasteiger partial charge in [-0.3, -0.25) is 0 Å². The lowest BCUT2D eigenvalue weighted by Crippen LogP contribution is -2.00. The Bertz CT molecular complexity index is 232. The highest BCUT2D eigenvalue weighted by molar-refractivity contribution is 5.25. The summed E-state index contributed by atoms with van der Waals surface area (Å²) in [4.78, 5) is 0. The van der Waals surface area contributed by atoms with Gasteiger partial charge in [-0.1, -0.05) is 38.7 Å². The number of allylic oxidation sites excluding steroid dienone is 4. The van der Waals surface area contributed by atoms with Gasteiger partial charge in [-0.2, -0.15) is 0 Å². The highest BCUT2D eigenvalue weighted by atomic mass is 16.3. The molecule has 0 fully saturated rings. The van der Waals surface area contributed by atoms with E-state index in [1.54, 1.807) is 6.92 Å². The van der Waals surface area contributed by atoms with E-state index in [4.69, 9.17) is 0 Å². The first kappa shape index (κ1) is 13.2. The number of rotatable bonds is 5. The molecular weight excluding hydrogens is 172 g/mol. The van der Waals surface area contributed by atoms with Gasteiger partial charge in [0, 0.05) is 0 Å². The van der Waals surface area contributed by atoms with Crippen molar-refractivity contribution in [3.05, 3.63) is 36.0 Å². The molecule has 0 saturated carbocycles. The maximum absolute atomic E-state index is 9.26. The zero-order valence-electron chi connectivity index (χ0n) is 9.75.